The van der Waals surface area contributed by atoms with Gasteiger partial charge in [-0.05, 0) is 58.7 Å². The highest BCUT2D eigenvalue weighted by Crippen LogP contribution is 2.47. The largest absolute Gasteiger partial charge is 0.384 e. The minimum atomic E-state index is -1.22. The first kappa shape index (κ1) is 30.6. The molecule has 2 aliphatic rings. The molecule has 0 fully saturated rings. The lowest BCUT2D eigenvalue weighted by atomic mass is 9.98. The van der Waals surface area contributed by atoms with Crippen LogP contribution in [0.3, 0.4) is 0 Å². The van der Waals surface area contributed by atoms with Gasteiger partial charge in [0.05, 0.1) is 22.8 Å². The van der Waals surface area contributed by atoms with E-state index < -0.39 is 12.2 Å². The number of hydrogen-bond donors (Lipinski definition) is 2. The summed E-state index contributed by atoms with van der Waals surface area (Å²) in [5.74, 6) is 0. The fraction of sp³-hybridized carbons (Fsp3) is 0.0455. The third-order valence-corrected chi connectivity index (χ3v) is 11.5. The zero-order chi connectivity index (χ0) is 33.6. The van der Waals surface area contributed by atoms with Crippen molar-refractivity contribution in [2.75, 3.05) is 0 Å². The van der Waals surface area contributed by atoms with Gasteiger partial charge in [0.2, 0.25) is 0 Å². The summed E-state index contributed by atoms with van der Waals surface area (Å²) in [6, 6.07) is 49.3. The second-order valence-corrected chi connectivity index (χ2v) is 14.4. The number of aliphatic hydroxyl groups excluding tert-OH is 2. The first-order valence-corrected chi connectivity index (χ1v) is 18.1. The Bertz CT molecular complexity index is 2390. The molecule has 6 heteroatoms. The van der Waals surface area contributed by atoms with Gasteiger partial charge >= 0.3 is 0 Å². The van der Waals surface area contributed by atoms with Gasteiger partial charge in [0.15, 0.2) is 0 Å². The average Bonchev–Trinajstić information content (AvgIpc) is 3.99. The van der Waals surface area contributed by atoms with Gasteiger partial charge in [-0.1, -0.05) is 121 Å². The van der Waals surface area contributed by atoms with E-state index in [1.54, 1.807) is 22.7 Å². The highest BCUT2D eigenvalue weighted by molar-refractivity contribution is 7.24. The molecule has 7 aromatic rings. The van der Waals surface area contributed by atoms with E-state index in [0.717, 1.165) is 74.7 Å². The monoisotopic (exact) mass is 682 g/mol. The van der Waals surface area contributed by atoms with E-state index in [9.17, 15) is 10.2 Å². The molecule has 0 aliphatic carbocycles. The highest BCUT2D eigenvalue weighted by atomic mass is 32.1. The maximum atomic E-state index is 11.9. The summed E-state index contributed by atoms with van der Waals surface area (Å²) in [6.07, 6.45) is 1.81. The molecular weight excluding hydrogens is 653 g/mol. The lowest BCUT2D eigenvalue weighted by Gasteiger charge is -2.13. The topological polar surface area (TPSA) is 66.2 Å². The molecule has 0 saturated carbocycles. The molecule has 5 heterocycles. The van der Waals surface area contributed by atoms with Gasteiger partial charge in [-0.25, -0.2) is 4.98 Å². The van der Waals surface area contributed by atoms with E-state index in [-0.39, 0.29) is 0 Å². The molecule has 2 atom stereocenters. The predicted octanol–water partition coefficient (Wildman–Crippen LogP) is 11.4. The summed E-state index contributed by atoms with van der Waals surface area (Å²) in [4.78, 5) is 10.5. The Morgan fingerprint density at radius 1 is 0.360 bits per heavy atom. The van der Waals surface area contributed by atoms with Gasteiger partial charge in [-0.15, -0.1) is 22.7 Å². The summed E-state index contributed by atoms with van der Waals surface area (Å²) >= 11 is 3.28. The lowest BCUT2D eigenvalue weighted by Crippen LogP contribution is -2.05. The summed E-state index contributed by atoms with van der Waals surface area (Å²) in [7, 11) is 0. The van der Waals surface area contributed by atoms with Gasteiger partial charge in [-0.3, -0.25) is 4.98 Å². The quantitative estimate of drug-likeness (QED) is 0.194. The van der Waals surface area contributed by atoms with Crippen LogP contribution in [0, 0.1) is 0 Å². The van der Waals surface area contributed by atoms with Gasteiger partial charge < -0.3 is 10.2 Å². The smallest absolute Gasteiger partial charge is 0.128 e. The van der Waals surface area contributed by atoms with Crippen molar-refractivity contribution in [3.63, 3.8) is 0 Å². The number of rotatable bonds is 4. The van der Waals surface area contributed by atoms with E-state index in [2.05, 4.69) is 84.9 Å². The van der Waals surface area contributed by atoms with Crippen molar-refractivity contribution in [1.29, 1.82) is 0 Å². The lowest BCUT2D eigenvalue weighted by molar-refractivity contribution is 0.0260. The first-order valence-electron chi connectivity index (χ1n) is 16.5. The molecule has 8 bridgehead atoms. The summed E-state index contributed by atoms with van der Waals surface area (Å²) in [5.41, 5.74) is 10.3. The molecule has 2 aliphatic heterocycles. The fourth-order valence-electron chi connectivity index (χ4n) is 6.91. The van der Waals surface area contributed by atoms with E-state index in [0.29, 0.717) is 11.4 Å². The molecule has 4 aromatic carbocycles. The molecule has 9 rings (SSSR count). The number of aliphatic hydroxyl groups is 2. The summed E-state index contributed by atoms with van der Waals surface area (Å²) in [5, 5.41) is 23.7. The fourth-order valence-corrected chi connectivity index (χ4v) is 9.22. The normalized spacial score (nSPS) is 15.3. The number of thiophene rings is 2. The van der Waals surface area contributed by atoms with Crippen LogP contribution in [-0.4, -0.2) is 20.2 Å². The maximum absolute atomic E-state index is 11.9. The summed E-state index contributed by atoms with van der Waals surface area (Å²) < 4.78 is 3.98. The van der Waals surface area contributed by atoms with Crippen molar-refractivity contribution in [3.05, 3.63) is 168 Å². The predicted molar refractivity (Wildman–Crippen MR) is 209 cm³/mol. The van der Waals surface area contributed by atoms with Crippen LogP contribution in [0.2, 0.25) is 0 Å². The second-order valence-electron chi connectivity index (χ2n) is 12.3. The third-order valence-electron chi connectivity index (χ3n) is 9.21. The van der Waals surface area contributed by atoms with Crippen molar-refractivity contribution in [1.82, 2.24) is 9.97 Å². The summed E-state index contributed by atoms with van der Waals surface area (Å²) in [6.45, 7) is 0. The van der Waals surface area contributed by atoms with E-state index >= 15 is 0 Å². The third kappa shape index (κ3) is 5.30. The molecule has 4 nitrogen and oxygen atoms in total. The Hall–Kier alpha value is -5.50. The Balaban J connectivity index is 1.51. The molecule has 0 radical (unpaired) electrons. The van der Waals surface area contributed by atoms with Crippen LogP contribution in [-0.2, 0) is 0 Å². The van der Waals surface area contributed by atoms with Crippen molar-refractivity contribution in [2.45, 2.75) is 12.2 Å². The van der Waals surface area contributed by atoms with E-state index in [4.69, 9.17) is 9.97 Å². The number of hydrogen-bond acceptors (Lipinski definition) is 6. The number of aromatic nitrogens is 2. The molecule has 240 valence electrons. The van der Waals surface area contributed by atoms with Crippen LogP contribution in [0.5, 0.6) is 0 Å². The Morgan fingerprint density at radius 3 is 1.00 bits per heavy atom. The van der Waals surface area contributed by atoms with E-state index in [1.165, 1.54) is 0 Å². The molecule has 3 aromatic heterocycles. The first-order chi connectivity index (χ1) is 24.6. The van der Waals surface area contributed by atoms with Crippen LogP contribution in [0.1, 0.15) is 35.0 Å². The molecular formula is C44H30N2O2S2. The Labute approximate surface area is 297 Å². The number of benzene rings is 4. The molecule has 50 heavy (non-hydrogen) atoms. The second kappa shape index (κ2) is 12.8. The van der Waals surface area contributed by atoms with Crippen LogP contribution in [0.15, 0.2) is 146 Å². The molecule has 2 N–H and O–H groups in total. The van der Waals surface area contributed by atoms with Crippen LogP contribution >= 0.6 is 22.7 Å². The van der Waals surface area contributed by atoms with Crippen molar-refractivity contribution < 1.29 is 10.2 Å². The van der Waals surface area contributed by atoms with E-state index in [1.807, 2.05) is 72.8 Å². The zero-order valence-electron chi connectivity index (χ0n) is 26.8. The van der Waals surface area contributed by atoms with Crippen LogP contribution in [0.4, 0.5) is 0 Å². The number of fused-ring (bicyclic) bond motifs is 8. The van der Waals surface area contributed by atoms with Crippen LogP contribution in [0.25, 0.3) is 75.5 Å². The molecule has 0 amide bonds. The van der Waals surface area contributed by atoms with Crippen molar-refractivity contribution in [2.24, 2.45) is 0 Å². The standard InChI is InChI=1S/C44H30N2O2S2/c47-43-41-39(29-17-9-3-10-18-29)35-25-23-33(49-35)37(27-13-5-1-6-14-27)31-21-22-32(45-31)38(28-15-7-2-8-16-28)34-24-26-36(50-34)40(42(46-41)44(43)48)30-19-11-4-12-20-30/h1-26,43-44,47-48H/t43-,44+. The Morgan fingerprint density at radius 2 is 0.660 bits per heavy atom. The zero-order valence-corrected chi connectivity index (χ0v) is 28.4. The number of nitrogens with zero attached hydrogens (tertiary/aromatic N) is 2. The molecule has 0 unspecified atom stereocenters. The van der Waals surface area contributed by atoms with Crippen molar-refractivity contribution >= 4 is 53.6 Å². The average molecular weight is 683 g/mol. The molecule has 0 saturated heterocycles. The SMILES string of the molecule is O[C@@H]1c2nc(c(-c3ccccc3)c3ccc(s3)c(-c3ccccc3)c3nc(c(-c4ccccc4)c4ccc(s4)c2-c2ccccc2)C=C3)[C@@H]1O. The minimum Gasteiger partial charge on any atom is -0.384 e. The maximum Gasteiger partial charge on any atom is 0.128 e. The van der Waals surface area contributed by atoms with Crippen LogP contribution < -0.4 is 0 Å². The van der Waals surface area contributed by atoms with Gasteiger partial charge in [-0.2, -0.15) is 0 Å². The van der Waals surface area contributed by atoms with Gasteiger partial charge in [0.25, 0.3) is 0 Å². The highest BCUT2D eigenvalue weighted by Gasteiger charge is 2.34. The Kier molecular flexibility index (Phi) is 7.79. The van der Waals surface area contributed by atoms with Crippen molar-refractivity contribution in [3.8, 4) is 44.5 Å². The molecule has 0 spiro atoms. The van der Waals surface area contributed by atoms with Gasteiger partial charge in [0, 0.05) is 41.1 Å². The van der Waals surface area contributed by atoms with Gasteiger partial charge in [0.1, 0.15) is 12.2 Å². The minimum absolute atomic E-state index is 0.455.